The highest BCUT2D eigenvalue weighted by Crippen LogP contribution is 2.37. The molecule has 1 N–H and O–H groups in total. The van der Waals surface area contributed by atoms with E-state index in [4.69, 9.17) is 9.47 Å². The van der Waals surface area contributed by atoms with Crippen molar-refractivity contribution in [2.75, 3.05) is 26.3 Å². The molecule has 2 aliphatic heterocycles. The summed E-state index contributed by atoms with van der Waals surface area (Å²) in [7, 11) is 0. The maximum absolute atomic E-state index is 6.50. The van der Waals surface area contributed by atoms with Gasteiger partial charge in [-0.1, -0.05) is 13.8 Å². The van der Waals surface area contributed by atoms with Crippen LogP contribution in [0.4, 0.5) is 0 Å². The van der Waals surface area contributed by atoms with E-state index in [1.807, 2.05) is 0 Å². The Kier molecular flexibility index (Phi) is 3.57. The van der Waals surface area contributed by atoms with Crippen molar-refractivity contribution >= 4 is 0 Å². The Balaban J connectivity index is 2.09. The minimum absolute atomic E-state index is 0.0373. The molecule has 0 aliphatic carbocycles. The van der Waals surface area contributed by atoms with Crippen molar-refractivity contribution in [2.45, 2.75) is 51.2 Å². The normalized spacial score (nSPS) is 38.8. The van der Waals surface area contributed by atoms with Gasteiger partial charge in [0.15, 0.2) is 0 Å². The van der Waals surface area contributed by atoms with Gasteiger partial charge in [-0.15, -0.1) is 0 Å². The predicted molar refractivity (Wildman–Crippen MR) is 64.6 cm³/mol. The first-order chi connectivity index (χ1) is 7.64. The van der Waals surface area contributed by atoms with E-state index in [9.17, 15) is 0 Å². The van der Waals surface area contributed by atoms with Crippen molar-refractivity contribution in [3.8, 4) is 0 Å². The van der Waals surface area contributed by atoms with Gasteiger partial charge in [-0.05, 0) is 26.2 Å². The summed E-state index contributed by atoms with van der Waals surface area (Å²) >= 11 is 0. The highest BCUT2D eigenvalue weighted by atomic mass is 16.5. The molecule has 0 aromatic rings. The fourth-order valence-electron chi connectivity index (χ4n) is 2.99. The van der Waals surface area contributed by atoms with Gasteiger partial charge in [-0.3, -0.25) is 0 Å². The smallest absolute Gasteiger partial charge is 0.0837 e. The van der Waals surface area contributed by atoms with E-state index in [2.05, 4.69) is 26.1 Å². The van der Waals surface area contributed by atoms with Crippen LogP contribution >= 0.6 is 0 Å². The standard InChI is InChI=1S/C13H25NO2/c1-4-13(5-2)10-14-9-12(3,16-13)11-6-7-15-8-11/h11,14H,4-10H2,1-3H3. The molecule has 0 bridgehead atoms. The first-order valence-electron chi connectivity index (χ1n) is 6.63. The Labute approximate surface area is 98.9 Å². The zero-order chi connectivity index (χ0) is 11.6. The van der Waals surface area contributed by atoms with Gasteiger partial charge in [0.05, 0.1) is 17.8 Å². The Morgan fingerprint density at radius 2 is 2.00 bits per heavy atom. The predicted octanol–water partition coefficient (Wildman–Crippen LogP) is 1.96. The summed E-state index contributed by atoms with van der Waals surface area (Å²) in [6, 6.07) is 0. The lowest BCUT2D eigenvalue weighted by Gasteiger charge is -2.49. The summed E-state index contributed by atoms with van der Waals surface area (Å²) in [6.07, 6.45) is 3.31. The summed E-state index contributed by atoms with van der Waals surface area (Å²) in [6.45, 7) is 10.4. The van der Waals surface area contributed by atoms with E-state index in [0.29, 0.717) is 5.92 Å². The molecule has 0 aromatic carbocycles. The third-order valence-electron chi connectivity index (χ3n) is 4.45. The Bertz CT molecular complexity index is 234. The maximum atomic E-state index is 6.50. The second-order valence-corrected chi connectivity index (χ2v) is 5.47. The minimum atomic E-state index is -0.0409. The monoisotopic (exact) mass is 227 g/mol. The quantitative estimate of drug-likeness (QED) is 0.799. The van der Waals surface area contributed by atoms with Crippen molar-refractivity contribution in [3.63, 3.8) is 0 Å². The molecule has 0 aromatic heterocycles. The number of nitrogens with one attached hydrogen (secondary N) is 1. The highest BCUT2D eigenvalue weighted by molar-refractivity contribution is 4.97. The van der Waals surface area contributed by atoms with Gasteiger partial charge < -0.3 is 14.8 Å². The largest absolute Gasteiger partial charge is 0.381 e. The SMILES string of the molecule is CCC1(CC)CNCC(C)(C2CCOC2)O1. The lowest BCUT2D eigenvalue weighted by molar-refractivity contribution is -0.195. The molecule has 2 heterocycles. The van der Waals surface area contributed by atoms with Crippen LogP contribution in [0.25, 0.3) is 0 Å². The summed E-state index contributed by atoms with van der Waals surface area (Å²) in [5.41, 5.74) is -0.00361. The highest BCUT2D eigenvalue weighted by Gasteiger charge is 2.46. The lowest BCUT2D eigenvalue weighted by Crippen LogP contribution is -2.61. The molecule has 2 fully saturated rings. The van der Waals surface area contributed by atoms with Crippen LogP contribution in [0.1, 0.15) is 40.0 Å². The first kappa shape index (κ1) is 12.3. The number of hydrogen-bond donors (Lipinski definition) is 1. The van der Waals surface area contributed by atoms with Crippen molar-refractivity contribution < 1.29 is 9.47 Å². The summed E-state index contributed by atoms with van der Waals surface area (Å²) in [5.74, 6) is 0.553. The van der Waals surface area contributed by atoms with Crippen LogP contribution in [0.3, 0.4) is 0 Å². The van der Waals surface area contributed by atoms with Gasteiger partial charge in [0.25, 0.3) is 0 Å². The van der Waals surface area contributed by atoms with Crippen LogP contribution < -0.4 is 5.32 Å². The van der Waals surface area contributed by atoms with Crippen molar-refractivity contribution in [2.24, 2.45) is 5.92 Å². The van der Waals surface area contributed by atoms with E-state index < -0.39 is 0 Å². The van der Waals surface area contributed by atoms with Gasteiger partial charge in [0.2, 0.25) is 0 Å². The van der Waals surface area contributed by atoms with Crippen LogP contribution in [-0.4, -0.2) is 37.5 Å². The van der Waals surface area contributed by atoms with Crippen molar-refractivity contribution in [1.82, 2.24) is 5.32 Å². The van der Waals surface area contributed by atoms with Gasteiger partial charge in [-0.25, -0.2) is 0 Å². The zero-order valence-electron chi connectivity index (χ0n) is 10.8. The van der Waals surface area contributed by atoms with Crippen LogP contribution in [0.15, 0.2) is 0 Å². The van der Waals surface area contributed by atoms with E-state index in [0.717, 1.165) is 45.6 Å². The second kappa shape index (κ2) is 4.63. The summed E-state index contributed by atoms with van der Waals surface area (Å²) < 4.78 is 12.0. The van der Waals surface area contributed by atoms with Crippen molar-refractivity contribution in [1.29, 1.82) is 0 Å². The first-order valence-corrected chi connectivity index (χ1v) is 6.63. The summed E-state index contributed by atoms with van der Waals surface area (Å²) in [5, 5.41) is 3.56. The van der Waals surface area contributed by atoms with Gasteiger partial charge >= 0.3 is 0 Å². The number of morpholine rings is 1. The van der Waals surface area contributed by atoms with Crippen LogP contribution in [0.5, 0.6) is 0 Å². The number of ether oxygens (including phenoxy) is 2. The van der Waals surface area contributed by atoms with Gasteiger partial charge in [0, 0.05) is 25.6 Å². The van der Waals surface area contributed by atoms with E-state index in [1.54, 1.807) is 0 Å². The molecule has 0 radical (unpaired) electrons. The molecule has 3 heteroatoms. The molecular formula is C13H25NO2. The molecule has 0 spiro atoms. The maximum Gasteiger partial charge on any atom is 0.0837 e. The summed E-state index contributed by atoms with van der Waals surface area (Å²) in [4.78, 5) is 0. The average molecular weight is 227 g/mol. The minimum Gasteiger partial charge on any atom is -0.381 e. The van der Waals surface area contributed by atoms with Crippen LogP contribution in [-0.2, 0) is 9.47 Å². The molecular weight excluding hydrogens is 202 g/mol. The Hall–Kier alpha value is -0.120. The topological polar surface area (TPSA) is 30.5 Å². The van der Waals surface area contributed by atoms with Gasteiger partial charge in [0.1, 0.15) is 0 Å². The van der Waals surface area contributed by atoms with E-state index >= 15 is 0 Å². The zero-order valence-corrected chi connectivity index (χ0v) is 10.8. The molecule has 16 heavy (non-hydrogen) atoms. The van der Waals surface area contributed by atoms with E-state index in [-0.39, 0.29) is 11.2 Å². The molecule has 0 amide bonds. The molecule has 2 rings (SSSR count). The molecule has 0 saturated carbocycles. The van der Waals surface area contributed by atoms with E-state index in [1.165, 1.54) is 0 Å². The molecule has 2 aliphatic rings. The molecule has 94 valence electrons. The van der Waals surface area contributed by atoms with Crippen LogP contribution in [0.2, 0.25) is 0 Å². The third-order valence-corrected chi connectivity index (χ3v) is 4.45. The molecule has 2 unspecified atom stereocenters. The molecule has 2 atom stereocenters. The van der Waals surface area contributed by atoms with Crippen LogP contribution in [0, 0.1) is 5.92 Å². The molecule has 3 nitrogen and oxygen atoms in total. The second-order valence-electron chi connectivity index (χ2n) is 5.47. The van der Waals surface area contributed by atoms with Crippen molar-refractivity contribution in [3.05, 3.63) is 0 Å². The fraction of sp³-hybridized carbons (Fsp3) is 1.00. The number of hydrogen-bond acceptors (Lipinski definition) is 3. The Morgan fingerprint density at radius 1 is 1.25 bits per heavy atom. The Morgan fingerprint density at radius 3 is 2.56 bits per heavy atom. The van der Waals surface area contributed by atoms with Gasteiger partial charge in [-0.2, -0.15) is 0 Å². The fourth-order valence-corrected chi connectivity index (χ4v) is 2.99. The third kappa shape index (κ3) is 2.13. The molecule has 2 saturated heterocycles. The average Bonchev–Trinajstić information content (AvgIpc) is 2.83. The lowest BCUT2D eigenvalue weighted by atomic mass is 9.83. The number of rotatable bonds is 3.